The number of hydrogen-bond donors (Lipinski definition) is 3. The van der Waals surface area contributed by atoms with E-state index in [0.717, 1.165) is 25.1 Å². The highest BCUT2D eigenvalue weighted by molar-refractivity contribution is 7.18. The number of amides is 2. The summed E-state index contributed by atoms with van der Waals surface area (Å²) in [5.74, 6) is -0.208. The number of aryl methyl sites for hydroxylation is 1. The summed E-state index contributed by atoms with van der Waals surface area (Å²) in [5.41, 5.74) is 0.837. The summed E-state index contributed by atoms with van der Waals surface area (Å²) >= 11 is 1.26. The van der Waals surface area contributed by atoms with Crippen LogP contribution in [0.1, 0.15) is 39.1 Å². The van der Waals surface area contributed by atoms with Crippen molar-refractivity contribution >= 4 is 40.6 Å². The molecule has 2 aromatic heterocycles. The van der Waals surface area contributed by atoms with E-state index < -0.39 is 0 Å². The summed E-state index contributed by atoms with van der Waals surface area (Å²) in [7, 11) is 0. The van der Waals surface area contributed by atoms with Crippen LogP contribution in [0.2, 0.25) is 0 Å². The molecule has 0 radical (unpaired) electrons. The Morgan fingerprint density at radius 3 is 2.67 bits per heavy atom. The van der Waals surface area contributed by atoms with E-state index in [1.807, 2.05) is 6.92 Å². The van der Waals surface area contributed by atoms with E-state index in [1.165, 1.54) is 17.6 Å². The van der Waals surface area contributed by atoms with Crippen LogP contribution in [0.5, 0.6) is 0 Å². The lowest BCUT2D eigenvalue weighted by molar-refractivity contribution is 0.0956. The van der Waals surface area contributed by atoms with Crippen molar-refractivity contribution in [2.75, 3.05) is 25.0 Å². The number of rotatable bonds is 8. The van der Waals surface area contributed by atoms with Crippen molar-refractivity contribution in [2.24, 2.45) is 0 Å². The van der Waals surface area contributed by atoms with Gasteiger partial charge in [-0.15, -0.1) is 23.7 Å². The SMILES string of the molecule is CCCNCCNC(=O)c1sc(NC(=O)c2ccco2)cc1C.Cl. The van der Waals surface area contributed by atoms with E-state index in [1.54, 1.807) is 18.2 Å². The highest BCUT2D eigenvalue weighted by Crippen LogP contribution is 2.27. The minimum absolute atomic E-state index is 0. The highest BCUT2D eigenvalue weighted by Gasteiger charge is 2.16. The van der Waals surface area contributed by atoms with E-state index in [4.69, 9.17) is 4.42 Å². The number of anilines is 1. The molecule has 0 saturated heterocycles. The van der Waals surface area contributed by atoms with Crippen LogP contribution in [0, 0.1) is 6.92 Å². The minimum Gasteiger partial charge on any atom is -0.459 e. The molecule has 0 saturated carbocycles. The Labute approximate surface area is 151 Å². The molecular formula is C16H22ClN3O3S. The molecule has 8 heteroatoms. The molecule has 0 aliphatic rings. The second kappa shape index (κ2) is 10.1. The van der Waals surface area contributed by atoms with Crippen molar-refractivity contribution < 1.29 is 14.0 Å². The molecule has 132 valence electrons. The first kappa shape index (κ1) is 20.2. The van der Waals surface area contributed by atoms with Gasteiger partial charge in [0.2, 0.25) is 0 Å². The fourth-order valence-electron chi connectivity index (χ4n) is 2.00. The van der Waals surface area contributed by atoms with Crippen molar-refractivity contribution in [1.29, 1.82) is 0 Å². The molecule has 0 aromatic carbocycles. The molecule has 24 heavy (non-hydrogen) atoms. The van der Waals surface area contributed by atoms with Crippen LogP contribution in [-0.4, -0.2) is 31.4 Å². The second-order valence-electron chi connectivity index (χ2n) is 5.06. The van der Waals surface area contributed by atoms with Crippen LogP contribution >= 0.6 is 23.7 Å². The standard InChI is InChI=1S/C16H21N3O3S.ClH/c1-3-6-17-7-8-18-16(21)14-11(2)10-13(23-14)19-15(20)12-5-4-9-22-12;/h4-5,9-10,17H,3,6-8H2,1-2H3,(H,18,21)(H,19,20);1H. The zero-order chi connectivity index (χ0) is 16.7. The maximum atomic E-state index is 12.2. The summed E-state index contributed by atoms with van der Waals surface area (Å²) in [5, 5.41) is 9.46. The largest absolute Gasteiger partial charge is 0.459 e. The summed E-state index contributed by atoms with van der Waals surface area (Å²) in [6.07, 6.45) is 2.51. The Kier molecular flexibility index (Phi) is 8.53. The van der Waals surface area contributed by atoms with Gasteiger partial charge in [0.25, 0.3) is 11.8 Å². The summed E-state index contributed by atoms with van der Waals surface area (Å²) < 4.78 is 5.04. The minimum atomic E-state index is -0.327. The highest BCUT2D eigenvalue weighted by atomic mass is 35.5. The van der Waals surface area contributed by atoms with Crippen LogP contribution in [0.25, 0.3) is 0 Å². The molecule has 2 rings (SSSR count). The van der Waals surface area contributed by atoms with Crippen molar-refractivity contribution in [1.82, 2.24) is 10.6 Å². The third-order valence-electron chi connectivity index (χ3n) is 3.12. The Balaban J connectivity index is 0.00000288. The number of hydrogen-bond acceptors (Lipinski definition) is 5. The van der Waals surface area contributed by atoms with Gasteiger partial charge in [0.1, 0.15) is 0 Å². The number of halogens is 1. The molecule has 0 bridgehead atoms. The quantitative estimate of drug-likeness (QED) is 0.623. The first-order chi connectivity index (χ1) is 11.1. The van der Waals surface area contributed by atoms with Crippen LogP contribution in [0.15, 0.2) is 28.9 Å². The van der Waals surface area contributed by atoms with Gasteiger partial charge in [0.15, 0.2) is 5.76 Å². The van der Waals surface area contributed by atoms with Gasteiger partial charge in [-0.1, -0.05) is 6.92 Å². The second-order valence-corrected chi connectivity index (χ2v) is 6.11. The number of furan rings is 1. The van der Waals surface area contributed by atoms with Crippen LogP contribution in [-0.2, 0) is 0 Å². The summed E-state index contributed by atoms with van der Waals surface area (Å²) in [6.45, 7) is 6.20. The van der Waals surface area contributed by atoms with Gasteiger partial charge < -0.3 is 20.4 Å². The molecule has 2 amide bonds. The number of carbonyl (C=O) groups is 2. The smallest absolute Gasteiger partial charge is 0.291 e. The molecule has 0 aliphatic heterocycles. The van der Waals surface area contributed by atoms with Crippen LogP contribution < -0.4 is 16.0 Å². The number of carbonyl (C=O) groups excluding carboxylic acids is 2. The number of nitrogens with one attached hydrogen (secondary N) is 3. The molecule has 0 fully saturated rings. The van der Waals surface area contributed by atoms with E-state index in [2.05, 4.69) is 22.9 Å². The first-order valence-electron chi connectivity index (χ1n) is 7.56. The zero-order valence-corrected chi connectivity index (χ0v) is 15.3. The molecule has 2 heterocycles. The fraction of sp³-hybridized carbons (Fsp3) is 0.375. The molecule has 0 spiro atoms. The van der Waals surface area contributed by atoms with Crippen molar-refractivity contribution in [2.45, 2.75) is 20.3 Å². The summed E-state index contributed by atoms with van der Waals surface area (Å²) in [6, 6.07) is 5.03. The normalized spacial score (nSPS) is 10.1. The average molecular weight is 372 g/mol. The predicted octanol–water partition coefficient (Wildman–Crippen LogP) is 3.05. The summed E-state index contributed by atoms with van der Waals surface area (Å²) in [4.78, 5) is 24.7. The molecule has 3 N–H and O–H groups in total. The van der Waals surface area contributed by atoms with Crippen molar-refractivity contribution in [3.8, 4) is 0 Å². The van der Waals surface area contributed by atoms with Gasteiger partial charge >= 0.3 is 0 Å². The van der Waals surface area contributed by atoms with Crippen molar-refractivity contribution in [3.63, 3.8) is 0 Å². The lowest BCUT2D eigenvalue weighted by Gasteiger charge is -2.05. The van der Waals surface area contributed by atoms with Gasteiger partial charge in [0.05, 0.1) is 16.1 Å². The lowest BCUT2D eigenvalue weighted by Crippen LogP contribution is -2.31. The molecular weight excluding hydrogens is 350 g/mol. The van der Waals surface area contributed by atoms with Gasteiger partial charge in [-0.25, -0.2) is 0 Å². The number of thiophene rings is 1. The predicted molar refractivity (Wildman–Crippen MR) is 98.5 cm³/mol. The average Bonchev–Trinajstić information content (AvgIpc) is 3.16. The van der Waals surface area contributed by atoms with Gasteiger partial charge in [-0.05, 0) is 43.7 Å². The fourth-order valence-corrected chi connectivity index (χ4v) is 2.98. The first-order valence-corrected chi connectivity index (χ1v) is 8.37. The van der Waals surface area contributed by atoms with E-state index in [-0.39, 0.29) is 30.0 Å². The molecule has 6 nitrogen and oxygen atoms in total. The van der Waals surface area contributed by atoms with Gasteiger partial charge in [0, 0.05) is 13.1 Å². The van der Waals surface area contributed by atoms with Gasteiger partial charge in [-0.3, -0.25) is 9.59 Å². The van der Waals surface area contributed by atoms with Crippen LogP contribution in [0.4, 0.5) is 5.00 Å². The Morgan fingerprint density at radius 2 is 2.00 bits per heavy atom. The molecule has 2 aromatic rings. The van der Waals surface area contributed by atoms with E-state index in [0.29, 0.717) is 16.4 Å². The van der Waals surface area contributed by atoms with E-state index >= 15 is 0 Å². The third-order valence-corrected chi connectivity index (χ3v) is 4.27. The maximum absolute atomic E-state index is 12.2. The lowest BCUT2D eigenvalue weighted by atomic mass is 10.3. The van der Waals surface area contributed by atoms with Crippen molar-refractivity contribution in [3.05, 3.63) is 40.7 Å². The third kappa shape index (κ3) is 5.67. The molecule has 0 aliphatic carbocycles. The molecule has 0 atom stereocenters. The van der Waals surface area contributed by atoms with E-state index in [9.17, 15) is 9.59 Å². The Morgan fingerprint density at radius 1 is 1.21 bits per heavy atom. The Hall–Kier alpha value is -1.83. The molecule has 0 unspecified atom stereocenters. The maximum Gasteiger partial charge on any atom is 0.291 e. The van der Waals surface area contributed by atoms with Gasteiger partial charge in [-0.2, -0.15) is 0 Å². The topological polar surface area (TPSA) is 83.4 Å². The zero-order valence-electron chi connectivity index (χ0n) is 13.7. The monoisotopic (exact) mass is 371 g/mol. The Bertz CT molecular complexity index is 656. The van der Waals surface area contributed by atoms with Crippen LogP contribution in [0.3, 0.4) is 0 Å².